The zero-order valence-electron chi connectivity index (χ0n) is 22.0. The number of likely N-dealkylation sites (tertiary alicyclic amines) is 1. The van der Waals surface area contributed by atoms with Gasteiger partial charge in [0, 0.05) is 35.1 Å². The predicted molar refractivity (Wildman–Crippen MR) is 144 cm³/mol. The monoisotopic (exact) mass is 528 g/mol. The van der Waals surface area contributed by atoms with Crippen molar-refractivity contribution in [2.75, 3.05) is 6.54 Å². The van der Waals surface area contributed by atoms with Gasteiger partial charge in [-0.3, -0.25) is 14.4 Å². The molecule has 1 saturated heterocycles. The summed E-state index contributed by atoms with van der Waals surface area (Å²) in [5.41, 5.74) is 4.27. The first-order chi connectivity index (χ1) is 18.8. The average Bonchev–Trinajstić information content (AvgIpc) is 3.65. The summed E-state index contributed by atoms with van der Waals surface area (Å²) >= 11 is 0. The van der Waals surface area contributed by atoms with E-state index in [2.05, 4.69) is 10.3 Å². The number of rotatable bonds is 6. The van der Waals surface area contributed by atoms with Gasteiger partial charge in [0.05, 0.1) is 6.04 Å². The summed E-state index contributed by atoms with van der Waals surface area (Å²) in [7, 11) is 0. The number of carboxylic acid groups (broad SMARTS) is 1. The molecule has 2 aromatic carbocycles. The highest BCUT2D eigenvalue weighted by Crippen LogP contribution is 2.46. The average molecular weight is 529 g/mol. The summed E-state index contributed by atoms with van der Waals surface area (Å²) in [6.07, 6.45) is 1.94. The minimum Gasteiger partial charge on any atom is -0.480 e. The van der Waals surface area contributed by atoms with E-state index in [9.17, 15) is 24.3 Å². The third kappa shape index (κ3) is 3.90. The van der Waals surface area contributed by atoms with Gasteiger partial charge in [0.2, 0.25) is 11.8 Å². The quantitative estimate of drug-likeness (QED) is 0.453. The van der Waals surface area contributed by atoms with Gasteiger partial charge in [0.15, 0.2) is 0 Å². The van der Waals surface area contributed by atoms with Crippen molar-refractivity contribution in [3.8, 4) is 0 Å². The van der Waals surface area contributed by atoms with E-state index in [0.717, 1.165) is 27.7 Å². The number of fused-ring (bicyclic) bond motifs is 7. The minimum absolute atomic E-state index is 0.211. The number of carboxylic acids is 1. The fraction of sp³-hybridized carbons (Fsp3) is 0.400. The van der Waals surface area contributed by atoms with Gasteiger partial charge in [-0.15, -0.1) is 0 Å². The van der Waals surface area contributed by atoms with Crippen LogP contribution in [0.4, 0.5) is 0 Å². The van der Waals surface area contributed by atoms with E-state index in [1.807, 2.05) is 56.3 Å². The van der Waals surface area contributed by atoms with Crippen LogP contribution in [0, 0.1) is 5.92 Å². The van der Waals surface area contributed by atoms with E-state index in [1.54, 1.807) is 11.0 Å². The summed E-state index contributed by atoms with van der Waals surface area (Å²) in [6.45, 7) is 4.17. The van der Waals surface area contributed by atoms with Crippen LogP contribution in [-0.4, -0.2) is 68.3 Å². The molecule has 39 heavy (non-hydrogen) atoms. The van der Waals surface area contributed by atoms with Crippen LogP contribution in [0.3, 0.4) is 0 Å². The molecule has 0 radical (unpaired) electrons. The number of nitrogens with one attached hydrogen (secondary N) is 2. The zero-order chi connectivity index (χ0) is 27.4. The van der Waals surface area contributed by atoms with Crippen molar-refractivity contribution in [3.63, 3.8) is 0 Å². The molecule has 3 aliphatic heterocycles. The van der Waals surface area contributed by atoms with Crippen molar-refractivity contribution in [1.82, 2.24) is 20.1 Å². The molecular formula is C30H32N4O5. The molecule has 3 aliphatic rings. The first-order valence-corrected chi connectivity index (χ1v) is 13.7. The Labute approximate surface area is 226 Å². The normalized spacial score (nSPS) is 23.2. The Bertz CT molecular complexity index is 1500. The summed E-state index contributed by atoms with van der Waals surface area (Å²) in [5.74, 6) is -2.24. The maximum absolute atomic E-state index is 14.1. The van der Waals surface area contributed by atoms with Crippen LogP contribution in [0.5, 0.6) is 0 Å². The third-order valence-electron chi connectivity index (χ3n) is 8.75. The fourth-order valence-electron chi connectivity index (χ4n) is 6.54. The third-order valence-corrected chi connectivity index (χ3v) is 8.75. The Morgan fingerprint density at radius 2 is 1.85 bits per heavy atom. The van der Waals surface area contributed by atoms with Crippen molar-refractivity contribution in [2.45, 2.75) is 63.7 Å². The minimum atomic E-state index is -1.03. The number of aromatic nitrogens is 1. The number of hydrogen-bond donors (Lipinski definition) is 3. The second-order valence-corrected chi connectivity index (χ2v) is 10.9. The van der Waals surface area contributed by atoms with Gasteiger partial charge in [-0.25, -0.2) is 4.79 Å². The van der Waals surface area contributed by atoms with Crippen molar-refractivity contribution < 1.29 is 24.3 Å². The Balaban J connectivity index is 1.37. The number of carbonyl (C=O) groups is 4. The molecule has 0 aliphatic carbocycles. The van der Waals surface area contributed by atoms with Crippen LogP contribution in [0.15, 0.2) is 48.5 Å². The number of amides is 3. The highest BCUT2D eigenvalue weighted by Gasteiger charge is 2.50. The molecule has 9 nitrogen and oxygen atoms in total. The summed E-state index contributed by atoms with van der Waals surface area (Å²) in [6, 6.07) is 12.3. The lowest BCUT2D eigenvalue weighted by Gasteiger charge is -2.38. The number of aliphatic carboxylic acids is 1. The Hall–Kier alpha value is -4.14. The molecule has 1 fully saturated rings. The largest absolute Gasteiger partial charge is 0.480 e. The highest BCUT2D eigenvalue weighted by atomic mass is 16.4. The van der Waals surface area contributed by atoms with Crippen LogP contribution < -0.4 is 5.32 Å². The van der Waals surface area contributed by atoms with Gasteiger partial charge >= 0.3 is 5.97 Å². The smallest absolute Gasteiger partial charge is 0.326 e. The number of nitrogens with zero attached hydrogens (tertiary/aromatic N) is 2. The predicted octanol–water partition coefficient (Wildman–Crippen LogP) is 3.24. The second kappa shape index (κ2) is 9.55. The van der Waals surface area contributed by atoms with E-state index in [1.165, 1.54) is 4.90 Å². The first-order valence-electron chi connectivity index (χ1n) is 13.7. The van der Waals surface area contributed by atoms with Crippen molar-refractivity contribution >= 4 is 34.6 Å². The molecule has 9 heteroatoms. The maximum atomic E-state index is 14.1. The van der Waals surface area contributed by atoms with E-state index in [4.69, 9.17) is 0 Å². The number of aromatic amines is 1. The van der Waals surface area contributed by atoms with Crippen LogP contribution in [-0.2, 0) is 20.8 Å². The van der Waals surface area contributed by atoms with E-state index in [0.29, 0.717) is 37.8 Å². The van der Waals surface area contributed by atoms with Gasteiger partial charge in [-0.05, 0) is 42.0 Å². The lowest BCUT2D eigenvalue weighted by molar-refractivity contribution is -0.150. The number of para-hydroxylation sites is 1. The molecule has 3 amide bonds. The SMILES string of the molecule is CC[C@H](C)[C@H](NC(=O)[C@@H]1Cc2c([nH]c3ccccc23)[C@@H]2c3ccccc3C(=O)N21)C(=O)N1CCC[C@H]1C(=O)O. The molecule has 3 aromatic rings. The summed E-state index contributed by atoms with van der Waals surface area (Å²) in [5, 5.41) is 13.6. The molecule has 0 unspecified atom stereocenters. The van der Waals surface area contributed by atoms with E-state index in [-0.39, 0.29) is 17.7 Å². The lowest BCUT2D eigenvalue weighted by atomic mass is 9.89. The number of hydrogen-bond acceptors (Lipinski definition) is 4. The number of benzene rings is 2. The first kappa shape index (κ1) is 25.2. The van der Waals surface area contributed by atoms with E-state index < -0.39 is 36.0 Å². The lowest BCUT2D eigenvalue weighted by Crippen LogP contribution is -2.59. The summed E-state index contributed by atoms with van der Waals surface area (Å²) in [4.78, 5) is 59.7. The standard InChI is InChI=1S/C30H32N4O5/c1-3-16(2)24(29(37)33-14-8-13-22(33)30(38)39)32-27(35)23-15-20-17-9-6-7-12-21(17)31-25(20)26-18-10-4-5-11-19(18)28(36)34(23)26/h4-7,9-12,16,22-24,26,31H,3,8,13-15H2,1-2H3,(H,32,35)(H,38,39)/t16-,22-,23-,24-,26-/m0/s1. The Morgan fingerprint density at radius 3 is 2.62 bits per heavy atom. The highest BCUT2D eigenvalue weighted by molar-refractivity contribution is 6.04. The van der Waals surface area contributed by atoms with Crippen molar-refractivity contribution in [2.24, 2.45) is 5.92 Å². The van der Waals surface area contributed by atoms with Crippen molar-refractivity contribution in [3.05, 3.63) is 70.9 Å². The molecule has 0 bridgehead atoms. The molecule has 4 heterocycles. The van der Waals surface area contributed by atoms with E-state index >= 15 is 0 Å². The maximum Gasteiger partial charge on any atom is 0.326 e. The molecule has 1 aromatic heterocycles. The van der Waals surface area contributed by atoms with Gasteiger partial charge in [0.25, 0.3) is 5.91 Å². The molecule has 6 rings (SSSR count). The van der Waals surface area contributed by atoms with Gasteiger partial charge < -0.3 is 25.2 Å². The Morgan fingerprint density at radius 1 is 1.10 bits per heavy atom. The fourth-order valence-corrected chi connectivity index (χ4v) is 6.54. The van der Waals surface area contributed by atoms with Crippen LogP contribution in [0.2, 0.25) is 0 Å². The Kier molecular flexibility index (Phi) is 6.16. The molecular weight excluding hydrogens is 496 g/mol. The van der Waals surface area contributed by atoms with Gasteiger partial charge in [-0.1, -0.05) is 56.7 Å². The summed E-state index contributed by atoms with van der Waals surface area (Å²) < 4.78 is 0. The number of H-pyrrole nitrogens is 1. The number of carbonyl (C=O) groups excluding carboxylic acids is 3. The topological polar surface area (TPSA) is 123 Å². The second-order valence-electron chi connectivity index (χ2n) is 10.9. The van der Waals surface area contributed by atoms with Crippen LogP contribution in [0.1, 0.15) is 66.3 Å². The van der Waals surface area contributed by atoms with Crippen LogP contribution >= 0.6 is 0 Å². The molecule has 202 valence electrons. The molecule has 0 saturated carbocycles. The van der Waals surface area contributed by atoms with Gasteiger partial charge in [-0.2, -0.15) is 0 Å². The van der Waals surface area contributed by atoms with Crippen molar-refractivity contribution in [1.29, 1.82) is 0 Å². The zero-order valence-corrected chi connectivity index (χ0v) is 22.0. The molecule has 5 atom stereocenters. The van der Waals surface area contributed by atoms with Crippen LogP contribution in [0.25, 0.3) is 10.9 Å². The van der Waals surface area contributed by atoms with Gasteiger partial charge in [0.1, 0.15) is 18.1 Å². The molecule has 3 N–H and O–H groups in total. The molecule has 0 spiro atoms.